The Labute approximate surface area is 103 Å². The van der Waals surface area contributed by atoms with Gasteiger partial charge < -0.3 is 0 Å². The Bertz CT molecular complexity index is 446. The standard InChI is InChI=1S/C13H13BrS/c1-9-5-6-11(8-10(9)2)13(14)12-4-3-7-15-12/h3-8,13H,1-2H3. The zero-order chi connectivity index (χ0) is 10.8. The maximum atomic E-state index is 3.74. The molecule has 15 heavy (non-hydrogen) atoms. The molecule has 0 amide bonds. The summed E-state index contributed by atoms with van der Waals surface area (Å²) in [6.45, 7) is 4.31. The summed E-state index contributed by atoms with van der Waals surface area (Å²) in [5.74, 6) is 0. The van der Waals surface area contributed by atoms with E-state index in [1.165, 1.54) is 21.6 Å². The van der Waals surface area contributed by atoms with Crippen LogP contribution >= 0.6 is 27.3 Å². The van der Waals surface area contributed by atoms with Crippen molar-refractivity contribution in [3.05, 3.63) is 57.3 Å². The van der Waals surface area contributed by atoms with E-state index in [4.69, 9.17) is 0 Å². The molecule has 1 atom stereocenters. The van der Waals surface area contributed by atoms with E-state index in [0.717, 1.165) is 0 Å². The van der Waals surface area contributed by atoms with Gasteiger partial charge in [0.2, 0.25) is 0 Å². The van der Waals surface area contributed by atoms with Gasteiger partial charge in [-0.3, -0.25) is 0 Å². The highest BCUT2D eigenvalue weighted by molar-refractivity contribution is 9.09. The number of thiophene rings is 1. The minimum absolute atomic E-state index is 0.330. The lowest BCUT2D eigenvalue weighted by Crippen LogP contribution is -1.91. The molecule has 0 bridgehead atoms. The summed E-state index contributed by atoms with van der Waals surface area (Å²) in [7, 11) is 0. The average molecular weight is 281 g/mol. The van der Waals surface area contributed by atoms with E-state index in [-0.39, 0.29) is 0 Å². The Kier molecular flexibility index (Phi) is 3.27. The second-order valence-corrected chi connectivity index (χ2v) is 5.62. The van der Waals surface area contributed by atoms with Crippen LogP contribution in [0.2, 0.25) is 0 Å². The number of benzene rings is 1. The number of hydrogen-bond acceptors (Lipinski definition) is 1. The van der Waals surface area contributed by atoms with Crippen LogP contribution in [-0.4, -0.2) is 0 Å². The molecule has 1 unspecified atom stereocenters. The fourth-order valence-electron chi connectivity index (χ4n) is 1.52. The molecule has 0 nitrogen and oxygen atoms in total. The van der Waals surface area contributed by atoms with Crippen LogP contribution in [0.3, 0.4) is 0 Å². The van der Waals surface area contributed by atoms with Crippen molar-refractivity contribution in [2.75, 3.05) is 0 Å². The summed E-state index contributed by atoms with van der Waals surface area (Å²) in [5, 5.41) is 2.12. The lowest BCUT2D eigenvalue weighted by molar-refractivity contribution is 1.19. The Hall–Kier alpha value is -0.600. The van der Waals surface area contributed by atoms with Crippen molar-refractivity contribution < 1.29 is 0 Å². The van der Waals surface area contributed by atoms with Gasteiger partial charge in [-0.25, -0.2) is 0 Å². The van der Waals surface area contributed by atoms with Crippen molar-refractivity contribution >= 4 is 27.3 Å². The van der Waals surface area contributed by atoms with Gasteiger partial charge in [0.05, 0.1) is 4.83 Å². The Morgan fingerprint density at radius 3 is 2.53 bits per heavy atom. The topological polar surface area (TPSA) is 0 Å². The predicted octanol–water partition coefficient (Wildman–Crippen LogP) is 4.85. The summed E-state index contributed by atoms with van der Waals surface area (Å²) in [6.07, 6.45) is 0. The number of alkyl halides is 1. The fourth-order valence-corrected chi connectivity index (χ4v) is 3.01. The second-order valence-electron chi connectivity index (χ2n) is 3.72. The smallest absolute Gasteiger partial charge is 0.0738 e. The molecule has 1 aromatic heterocycles. The number of rotatable bonds is 2. The first kappa shape index (κ1) is 10.9. The summed E-state index contributed by atoms with van der Waals surface area (Å²) in [5.41, 5.74) is 4.04. The van der Waals surface area contributed by atoms with E-state index in [1.54, 1.807) is 11.3 Å². The fraction of sp³-hybridized carbons (Fsp3) is 0.231. The molecule has 0 aliphatic rings. The lowest BCUT2D eigenvalue weighted by Gasteiger charge is -2.10. The minimum atomic E-state index is 0.330. The van der Waals surface area contributed by atoms with Gasteiger partial charge in [0.25, 0.3) is 0 Å². The van der Waals surface area contributed by atoms with Gasteiger partial charge in [-0.1, -0.05) is 40.2 Å². The summed E-state index contributed by atoms with van der Waals surface area (Å²) in [4.78, 5) is 1.69. The Morgan fingerprint density at radius 1 is 1.13 bits per heavy atom. The second kappa shape index (κ2) is 4.50. The first-order valence-corrected chi connectivity index (χ1v) is 6.72. The van der Waals surface area contributed by atoms with E-state index in [0.29, 0.717) is 4.83 Å². The van der Waals surface area contributed by atoms with Crippen molar-refractivity contribution in [3.63, 3.8) is 0 Å². The highest BCUT2D eigenvalue weighted by Gasteiger charge is 2.11. The molecule has 0 fully saturated rings. The molecule has 0 saturated carbocycles. The van der Waals surface area contributed by atoms with Crippen molar-refractivity contribution in [1.82, 2.24) is 0 Å². The molecule has 0 aliphatic heterocycles. The SMILES string of the molecule is Cc1ccc(C(Br)c2cccs2)cc1C. The first-order chi connectivity index (χ1) is 7.18. The third-order valence-electron chi connectivity index (χ3n) is 2.62. The highest BCUT2D eigenvalue weighted by atomic mass is 79.9. The van der Waals surface area contributed by atoms with E-state index in [1.807, 2.05) is 0 Å². The van der Waals surface area contributed by atoms with Gasteiger partial charge in [0, 0.05) is 4.88 Å². The molecular weight excluding hydrogens is 268 g/mol. The predicted molar refractivity (Wildman–Crippen MR) is 71.0 cm³/mol. The molecule has 1 heterocycles. The van der Waals surface area contributed by atoms with Gasteiger partial charge in [-0.2, -0.15) is 0 Å². The molecule has 2 heteroatoms. The number of aryl methyl sites for hydroxylation is 2. The molecule has 0 saturated heterocycles. The molecule has 2 rings (SSSR count). The first-order valence-electron chi connectivity index (χ1n) is 4.93. The van der Waals surface area contributed by atoms with E-state index in [2.05, 4.69) is 65.5 Å². The van der Waals surface area contributed by atoms with E-state index >= 15 is 0 Å². The van der Waals surface area contributed by atoms with Crippen molar-refractivity contribution in [3.8, 4) is 0 Å². The largest absolute Gasteiger partial charge is 0.147 e. The summed E-state index contributed by atoms with van der Waals surface area (Å²) >= 11 is 5.53. The molecule has 78 valence electrons. The number of hydrogen-bond donors (Lipinski definition) is 0. The quantitative estimate of drug-likeness (QED) is 0.690. The highest BCUT2D eigenvalue weighted by Crippen LogP contribution is 2.34. The van der Waals surface area contributed by atoms with Gasteiger partial charge in [-0.05, 0) is 42.0 Å². The Morgan fingerprint density at radius 2 is 1.93 bits per heavy atom. The van der Waals surface area contributed by atoms with Crippen molar-refractivity contribution in [2.45, 2.75) is 18.7 Å². The normalized spacial score (nSPS) is 12.7. The zero-order valence-corrected chi connectivity index (χ0v) is 11.2. The van der Waals surface area contributed by atoms with Gasteiger partial charge in [-0.15, -0.1) is 11.3 Å². The van der Waals surface area contributed by atoms with Gasteiger partial charge >= 0.3 is 0 Å². The molecule has 0 spiro atoms. The minimum Gasteiger partial charge on any atom is -0.147 e. The van der Waals surface area contributed by atoms with Crippen molar-refractivity contribution in [1.29, 1.82) is 0 Å². The van der Waals surface area contributed by atoms with Crippen LogP contribution in [0.25, 0.3) is 0 Å². The van der Waals surface area contributed by atoms with Crippen LogP contribution in [-0.2, 0) is 0 Å². The third kappa shape index (κ3) is 2.32. The Balaban J connectivity index is 2.34. The monoisotopic (exact) mass is 280 g/mol. The molecule has 1 aromatic carbocycles. The molecule has 0 aliphatic carbocycles. The van der Waals surface area contributed by atoms with Crippen LogP contribution in [0.1, 0.15) is 26.4 Å². The van der Waals surface area contributed by atoms with Crippen LogP contribution in [0.5, 0.6) is 0 Å². The maximum Gasteiger partial charge on any atom is 0.0738 e. The summed E-state index contributed by atoms with van der Waals surface area (Å²) < 4.78 is 0. The maximum absolute atomic E-state index is 3.74. The number of halogens is 1. The van der Waals surface area contributed by atoms with Crippen LogP contribution in [0.4, 0.5) is 0 Å². The van der Waals surface area contributed by atoms with Crippen molar-refractivity contribution in [2.24, 2.45) is 0 Å². The van der Waals surface area contributed by atoms with E-state index < -0.39 is 0 Å². The molecule has 0 radical (unpaired) electrons. The van der Waals surface area contributed by atoms with E-state index in [9.17, 15) is 0 Å². The van der Waals surface area contributed by atoms with Gasteiger partial charge in [0.1, 0.15) is 0 Å². The lowest BCUT2D eigenvalue weighted by atomic mass is 10.0. The molecular formula is C13H13BrS. The van der Waals surface area contributed by atoms with Crippen LogP contribution in [0, 0.1) is 13.8 Å². The van der Waals surface area contributed by atoms with Crippen LogP contribution in [0.15, 0.2) is 35.7 Å². The van der Waals surface area contributed by atoms with Crippen LogP contribution < -0.4 is 0 Å². The average Bonchev–Trinajstić information content (AvgIpc) is 2.74. The molecule has 0 N–H and O–H groups in total. The summed E-state index contributed by atoms with van der Waals surface area (Å²) in [6, 6.07) is 10.9. The third-order valence-corrected chi connectivity index (χ3v) is 4.88. The zero-order valence-electron chi connectivity index (χ0n) is 8.83. The molecule has 2 aromatic rings. The van der Waals surface area contributed by atoms with Gasteiger partial charge in [0.15, 0.2) is 0 Å².